The maximum absolute atomic E-state index is 13.0. The van der Waals surface area contributed by atoms with Gasteiger partial charge in [0.2, 0.25) is 0 Å². The topological polar surface area (TPSA) is 77.8 Å². The fourth-order valence-electron chi connectivity index (χ4n) is 2.87. The number of hydrogen-bond acceptors (Lipinski definition) is 6. The molecule has 7 nitrogen and oxygen atoms in total. The number of hydrogen-bond donors (Lipinski definition) is 0. The molecule has 3 aromatic rings. The Morgan fingerprint density at radius 3 is 2.67 bits per heavy atom. The second kappa shape index (κ2) is 7.71. The Kier molecular flexibility index (Phi) is 5.54. The molecule has 3 rings (SSSR count). The van der Waals surface area contributed by atoms with Crippen molar-refractivity contribution in [2.45, 2.75) is 17.9 Å². The molecule has 0 aliphatic carbocycles. The Bertz CT molecular complexity index is 1060. The van der Waals surface area contributed by atoms with E-state index in [9.17, 15) is 13.2 Å². The van der Waals surface area contributed by atoms with Gasteiger partial charge in [-0.15, -0.1) is 11.3 Å². The molecule has 2 aromatic heterocycles. The third-order valence-electron chi connectivity index (χ3n) is 4.09. The lowest BCUT2D eigenvalue weighted by atomic mass is 10.2. The molecular weight excluding hydrogens is 388 g/mol. The molecule has 0 unspecified atom stereocenters. The number of fused-ring (bicyclic) bond motifs is 1. The molecule has 144 valence electrons. The minimum Gasteiger partial charge on any atom is -0.461 e. The van der Waals surface area contributed by atoms with Crippen LogP contribution in [-0.4, -0.2) is 39.7 Å². The van der Waals surface area contributed by atoms with Crippen LogP contribution in [0, 0.1) is 0 Å². The Balaban J connectivity index is 2.20. The number of methoxy groups -OCH3 is 1. The molecule has 0 bridgehead atoms. The van der Waals surface area contributed by atoms with Crippen LogP contribution in [0.1, 0.15) is 17.4 Å². The first-order valence-corrected chi connectivity index (χ1v) is 10.5. The van der Waals surface area contributed by atoms with Gasteiger partial charge < -0.3 is 14.0 Å². The number of para-hydroxylation sites is 1. The summed E-state index contributed by atoms with van der Waals surface area (Å²) in [6.45, 7) is 2.06. The van der Waals surface area contributed by atoms with Gasteiger partial charge in [-0.1, -0.05) is 18.2 Å². The lowest BCUT2D eigenvalue weighted by Gasteiger charge is -2.21. The van der Waals surface area contributed by atoms with Gasteiger partial charge in [-0.3, -0.25) is 4.31 Å². The largest absolute Gasteiger partial charge is 0.461 e. The molecule has 0 aliphatic heterocycles. The molecule has 0 radical (unpaired) electrons. The van der Waals surface area contributed by atoms with Gasteiger partial charge in [-0.25, -0.2) is 13.2 Å². The van der Waals surface area contributed by atoms with E-state index in [1.807, 2.05) is 6.07 Å². The third kappa shape index (κ3) is 3.45. The number of benzene rings is 1. The molecule has 1 aromatic carbocycles. The van der Waals surface area contributed by atoms with Gasteiger partial charge in [0, 0.05) is 19.5 Å². The van der Waals surface area contributed by atoms with Crippen molar-refractivity contribution in [1.29, 1.82) is 0 Å². The van der Waals surface area contributed by atoms with Crippen LogP contribution in [0.2, 0.25) is 0 Å². The lowest BCUT2D eigenvalue weighted by molar-refractivity contribution is 0.0496. The van der Waals surface area contributed by atoms with Crippen LogP contribution in [0.15, 0.2) is 46.0 Å². The lowest BCUT2D eigenvalue weighted by Crippen LogP contribution is -2.26. The zero-order valence-electron chi connectivity index (χ0n) is 15.2. The summed E-state index contributed by atoms with van der Waals surface area (Å²) >= 11 is 1.15. The first-order valence-electron chi connectivity index (χ1n) is 8.22. The number of sulfonamides is 1. The summed E-state index contributed by atoms with van der Waals surface area (Å²) < 4.78 is 39.4. The molecule has 0 spiro atoms. The molecule has 9 heteroatoms. The average molecular weight is 409 g/mol. The van der Waals surface area contributed by atoms with Crippen molar-refractivity contribution in [3.05, 3.63) is 47.5 Å². The fourth-order valence-corrected chi connectivity index (χ4v) is 5.23. The highest BCUT2D eigenvalue weighted by atomic mass is 32.2. The van der Waals surface area contributed by atoms with Crippen LogP contribution in [0.25, 0.3) is 10.9 Å². The van der Waals surface area contributed by atoms with Crippen LogP contribution in [0.4, 0.5) is 5.69 Å². The van der Waals surface area contributed by atoms with E-state index in [0.717, 1.165) is 16.7 Å². The van der Waals surface area contributed by atoms with Crippen molar-refractivity contribution in [2.24, 2.45) is 0 Å². The number of ether oxygens (including phenoxy) is 2. The van der Waals surface area contributed by atoms with Crippen molar-refractivity contribution >= 4 is 43.9 Å². The number of nitrogens with zero attached hydrogens (tertiary/aromatic N) is 2. The maximum Gasteiger partial charge on any atom is 0.355 e. The van der Waals surface area contributed by atoms with Crippen LogP contribution >= 0.6 is 11.3 Å². The summed E-state index contributed by atoms with van der Waals surface area (Å²) in [5, 5.41) is 2.44. The molecule has 27 heavy (non-hydrogen) atoms. The predicted molar refractivity (Wildman–Crippen MR) is 105 cm³/mol. The van der Waals surface area contributed by atoms with Crippen LogP contribution < -0.4 is 4.31 Å². The predicted octanol–water partition coefficient (Wildman–Crippen LogP) is 3.31. The van der Waals surface area contributed by atoms with Gasteiger partial charge in [0.1, 0.15) is 16.6 Å². The highest BCUT2D eigenvalue weighted by molar-refractivity contribution is 7.94. The van der Waals surface area contributed by atoms with Gasteiger partial charge in [-0.05, 0) is 30.5 Å². The number of anilines is 1. The van der Waals surface area contributed by atoms with E-state index in [2.05, 4.69) is 0 Å². The summed E-state index contributed by atoms with van der Waals surface area (Å²) in [5.41, 5.74) is 1.35. The van der Waals surface area contributed by atoms with Crippen LogP contribution in [-0.2, 0) is 26.2 Å². The Morgan fingerprint density at radius 1 is 1.26 bits per heavy atom. The van der Waals surface area contributed by atoms with Gasteiger partial charge in [-0.2, -0.15) is 0 Å². The minimum absolute atomic E-state index is 0.0849. The monoisotopic (exact) mass is 408 g/mol. The summed E-state index contributed by atoms with van der Waals surface area (Å²) in [6, 6.07) is 10.2. The van der Waals surface area contributed by atoms with E-state index in [4.69, 9.17) is 9.47 Å². The van der Waals surface area contributed by atoms with E-state index < -0.39 is 16.0 Å². The number of thiophene rings is 1. The second-order valence-corrected chi connectivity index (χ2v) is 8.86. The smallest absolute Gasteiger partial charge is 0.355 e. The first kappa shape index (κ1) is 19.4. The van der Waals surface area contributed by atoms with Crippen molar-refractivity contribution < 1.29 is 22.7 Å². The average Bonchev–Trinajstić information content (AvgIpc) is 3.30. The zero-order valence-corrected chi connectivity index (χ0v) is 16.8. The summed E-state index contributed by atoms with van der Waals surface area (Å²) in [5.74, 6) is -0.486. The molecule has 0 saturated carbocycles. The van der Waals surface area contributed by atoms with E-state index in [1.165, 1.54) is 18.5 Å². The normalized spacial score (nSPS) is 11.7. The zero-order chi connectivity index (χ0) is 19.6. The standard InChI is InChI=1S/C18H20N2O5S2/c1-4-25-18(21)15-11-13-7-5-8-14(17(13)20(15)12-24-3)19(2)27(22,23)16-9-6-10-26-16/h5-11H,4,12H2,1-3H3. The Hall–Kier alpha value is -2.36. The SMILES string of the molecule is CCOC(=O)c1cc2cccc(N(C)S(=O)(=O)c3cccs3)c2n1COC. The summed E-state index contributed by atoms with van der Waals surface area (Å²) in [6.07, 6.45) is 0. The van der Waals surface area contributed by atoms with Gasteiger partial charge in [0.15, 0.2) is 0 Å². The van der Waals surface area contributed by atoms with Crippen LogP contribution in [0.5, 0.6) is 0 Å². The van der Waals surface area contributed by atoms with E-state index in [-0.39, 0.29) is 17.5 Å². The highest BCUT2D eigenvalue weighted by Gasteiger charge is 2.26. The Labute approximate surface area is 161 Å². The highest BCUT2D eigenvalue weighted by Crippen LogP contribution is 2.33. The molecule has 0 aliphatic rings. The Morgan fingerprint density at radius 2 is 2.04 bits per heavy atom. The number of aromatic nitrogens is 1. The van der Waals surface area contributed by atoms with Crippen LogP contribution in [0.3, 0.4) is 0 Å². The third-order valence-corrected chi connectivity index (χ3v) is 7.24. The van der Waals surface area contributed by atoms with Crippen molar-refractivity contribution in [3.8, 4) is 0 Å². The molecular formula is C18H20N2O5S2. The maximum atomic E-state index is 13.0. The van der Waals surface area contributed by atoms with Crippen molar-refractivity contribution in [1.82, 2.24) is 4.57 Å². The summed E-state index contributed by atoms with van der Waals surface area (Å²) in [7, 11) is -0.704. The van der Waals surface area contributed by atoms with Gasteiger partial charge in [0.05, 0.1) is 17.8 Å². The van der Waals surface area contributed by atoms with Gasteiger partial charge >= 0.3 is 5.97 Å². The molecule has 2 heterocycles. The summed E-state index contributed by atoms with van der Waals surface area (Å²) in [4.78, 5) is 12.3. The van der Waals surface area contributed by atoms with Crippen molar-refractivity contribution in [3.63, 3.8) is 0 Å². The minimum atomic E-state index is -3.71. The number of carbonyl (C=O) groups is 1. The van der Waals surface area contributed by atoms with E-state index in [1.54, 1.807) is 47.2 Å². The fraction of sp³-hybridized carbons (Fsp3) is 0.278. The molecule has 0 fully saturated rings. The molecule has 0 atom stereocenters. The quantitative estimate of drug-likeness (QED) is 0.561. The number of esters is 1. The molecule has 0 amide bonds. The number of carbonyl (C=O) groups excluding carboxylic acids is 1. The first-order chi connectivity index (χ1) is 12.9. The number of rotatable bonds is 7. The molecule has 0 saturated heterocycles. The van der Waals surface area contributed by atoms with E-state index in [0.29, 0.717) is 16.9 Å². The second-order valence-electron chi connectivity index (χ2n) is 5.72. The van der Waals surface area contributed by atoms with Crippen molar-refractivity contribution in [2.75, 3.05) is 25.1 Å². The molecule has 0 N–H and O–H groups in total. The van der Waals surface area contributed by atoms with Gasteiger partial charge in [0.25, 0.3) is 10.0 Å². The van der Waals surface area contributed by atoms with E-state index >= 15 is 0 Å².